The highest BCUT2D eigenvalue weighted by molar-refractivity contribution is 4.96. The Bertz CT molecular complexity index is 273. The molecule has 0 radical (unpaired) electrons. The van der Waals surface area contributed by atoms with Crippen LogP contribution >= 0.6 is 0 Å². The second-order valence-corrected chi connectivity index (χ2v) is 3.48. The van der Waals surface area contributed by atoms with Gasteiger partial charge < -0.3 is 14.5 Å². The molecule has 0 bridgehead atoms. The zero-order valence-electron chi connectivity index (χ0n) is 9.75. The smallest absolute Gasteiger partial charge is 0.211 e. The highest BCUT2D eigenvalue weighted by atomic mass is 16.5. The van der Waals surface area contributed by atoms with Gasteiger partial charge >= 0.3 is 0 Å². The lowest BCUT2D eigenvalue weighted by Crippen LogP contribution is -2.19. The molecule has 1 heterocycles. The summed E-state index contributed by atoms with van der Waals surface area (Å²) in [5.41, 5.74) is 0. The van der Waals surface area contributed by atoms with E-state index in [1.54, 1.807) is 6.20 Å². The van der Waals surface area contributed by atoms with Crippen molar-refractivity contribution in [2.24, 2.45) is 0 Å². The average molecular weight is 212 g/mol. The zero-order valence-corrected chi connectivity index (χ0v) is 9.75. The summed E-state index contributed by atoms with van der Waals surface area (Å²) >= 11 is 0. The lowest BCUT2D eigenvalue weighted by Gasteiger charge is -2.08. The van der Waals surface area contributed by atoms with Gasteiger partial charge in [-0.15, -0.1) is 0 Å². The van der Waals surface area contributed by atoms with E-state index in [4.69, 9.17) is 9.15 Å². The Labute approximate surface area is 91.0 Å². The van der Waals surface area contributed by atoms with Gasteiger partial charge in [-0.25, -0.2) is 4.98 Å². The number of aromatic nitrogens is 1. The molecule has 0 spiro atoms. The maximum absolute atomic E-state index is 5.55. The quantitative estimate of drug-likeness (QED) is 0.753. The van der Waals surface area contributed by atoms with Crippen LogP contribution < -0.4 is 5.32 Å². The summed E-state index contributed by atoms with van der Waals surface area (Å²) in [6, 6.07) is 0.167. The van der Waals surface area contributed by atoms with Crippen LogP contribution in [0.3, 0.4) is 0 Å². The summed E-state index contributed by atoms with van der Waals surface area (Å²) < 4.78 is 10.8. The Kier molecular flexibility index (Phi) is 5.36. The van der Waals surface area contributed by atoms with E-state index in [1.165, 1.54) is 0 Å². The Morgan fingerprint density at radius 1 is 1.53 bits per heavy atom. The fraction of sp³-hybridized carbons (Fsp3) is 0.727. The first-order valence-corrected chi connectivity index (χ1v) is 5.53. The van der Waals surface area contributed by atoms with Crippen molar-refractivity contribution in [3.8, 4) is 0 Å². The monoisotopic (exact) mass is 212 g/mol. The second kappa shape index (κ2) is 6.58. The summed E-state index contributed by atoms with van der Waals surface area (Å²) in [6.45, 7) is 8.32. The van der Waals surface area contributed by atoms with Crippen LogP contribution in [-0.4, -0.2) is 18.1 Å². The van der Waals surface area contributed by atoms with Gasteiger partial charge in [-0.1, -0.05) is 6.92 Å². The minimum Gasteiger partial charge on any atom is -0.442 e. The van der Waals surface area contributed by atoms with Crippen LogP contribution in [0.25, 0.3) is 0 Å². The van der Waals surface area contributed by atoms with E-state index < -0.39 is 0 Å². The van der Waals surface area contributed by atoms with Gasteiger partial charge in [-0.2, -0.15) is 0 Å². The van der Waals surface area contributed by atoms with E-state index >= 15 is 0 Å². The molecule has 1 aromatic rings. The predicted molar refractivity (Wildman–Crippen MR) is 58.5 cm³/mol. The number of oxazole rings is 1. The summed E-state index contributed by atoms with van der Waals surface area (Å²) in [7, 11) is 0. The van der Waals surface area contributed by atoms with Gasteiger partial charge in [0, 0.05) is 6.61 Å². The molecule has 1 rings (SSSR count). The fourth-order valence-corrected chi connectivity index (χ4v) is 1.24. The lowest BCUT2D eigenvalue weighted by atomic mass is 10.3. The molecule has 0 aliphatic rings. The van der Waals surface area contributed by atoms with Gasteiger partial charge in [-0.3, -0.25) is 0 Å². The third-order valence-corrected chi connectivity index (χ3v) is 2.09. The fourth-order valence-electron chi connectivity index (χ4n) is 1.24. The maximum atomic E-state index is 5.55. The van der Waals surface area contributed by atoms with E-state index in [-0.39, 0.29) is 6.04 Å². The second-order valence-electron chi connectivity index (χ2n) is 3.48. The summed E-state index contributed by atoms with van der Waals surface area (Å²) in [5.74, 6) is 1.52. The molecule has 0 saturated carbocycles. The van der Waals surface area contributed by atoms with Crippen LogP contribution in [0.2, 0.25) is 0 Å². The predicted octanol–water partition coefficient (Wildman–Crippen LogP) is 2.27. The van der Waals surface area contributed by atoms with E-state index in [0.29, 0.717) is 13.2 Å². The van der Waals surface area contributed by atoms with Gasteiger partial charge in [0.05, 0.1) is 12.2 Å². The van der Waals surface area contributed by atoms with Crippen LogP contribution in [0.1, 0.15) is 44.9 Å². The highest BCUT2D eigenvalue weighted by Crippen LogP contribution is 2.13. The maximum Gasteiger partial charge on any atom is 0.211 e. The van der Waals surface area contributed by atoms with E-state index in [1.807, 2.05) is 13.8 Å². The molecule has 4 nitrogen and oxygen atoms in total. The summed E-state index contributed by atoms with van der Waals surface area (Å²) in [5, 5.41) is 3.32. The Morgan fingerprint density at radius 2 is 2.33 bits per heavy atom. The van der Waals surface area contributed by atoms with Crippen molar-refractivity contribution in [2.45, 2.75) is 39.8 Å². The number of nitrogens with one attached hydrogen (secondary N) is 1. The van der Waals surface area contributed by atoms with Gasteiger partial charge in [-0.05, 0) is 26.8 Å². The number of hydrogen-bond donors (Lipinski definition) is 1. The van der Waals surface area contributed by atoms with Crippen molar-refractivity contribution in [1.29, 1.82) is 0 Å². The zero-order chi connectivity index (χ0) is 11.1. The molecule has 0 aliphatic heterocycles. The minimum atomic E-state index is 0.167. The summed E-state index contributed by atoms with van der Waals surface area (Å²) in [4.78, 5) is 4.21. The first-order valence-electron chi connectivity index (χ1n) is 5.53. The number of rotatable bonds is 7. The lowest BCUT2D eigenvalue weighted by molar-refractivity contribution is 0.116. The largest absolute Gasteiger partial charge is 0.442 e. The third kappa shape index (κ3) is 4.01. The van der Waals surface area contributed by atoms with E-state index in [2.05, 4.69) is 17.2 Å². The van der Waals surface area contributed by atoms with Crippen molar-refractivity contribution in [3.05, 3.63) is 17.8 Å². The van der Waals surface area contributed by atoms with Crippen molar-refractivity contribution >= 4 is 0 Å². The summed E-state index contributed by atoms with van der Waals surface area (Å²) in [6.07, 6.45) is 2.84. The van der Waals surface area contributed by atoms with Crippen LogP contribution in [0, 0.1) is 0 Å². The molecule has 0 aromatic carbocycles. The molecule has 1 N–H and O–H groups in total. The van der Waals surface area contributed by atoms with Crippen LogP contribution in [0.4, 0.5) is 0 Å². The molecule has 0 aliphatic carbocycles. The first-order chi connectivity index (χ1) is 7.27. The molecule has 0 fully saturated rings. The molecule has 86 valence electrons. The molecule has 0 amide bonds. The standard InChI is InChI=1S/C11H20N2O2/c1-4-6-12-9(3)11-13-7-10(15-11)8-14-5-2/h7,9,12H,4-6,8H2,1-3H3. The van der Waals surface area contributed by atoms with Crippen LogP contribution in [-0.2, 0) is 11.3 Å². The van der Waals surface area contributed by atoms with Crippen molar-refractivity contribution < 1.29 is 9.15 Å². The van der Waals surface area contributed by atoms with E-state index in [0.717, 1.165) is 24.6 Å². The molecule has 0 saturated heterocycles. The van der Waals surface area contributed by atoms with Gasteiger partial charge in [0.2, 0.25) is 5.89 Å². The van der Waals surface area contributed by atoms with Crippen molar-refractivity contribution in [3.63, 3.8) is 0 Å². The van der Waals surface area contributed by atoms with E-state index in [9.17, 15) is 0 Å². The molecule has 1 aromatic heterocycles. The molecule has 4 heteroatoms. The SMILES string of the molecule is CCCNC(C)c1ncc(COCC)o1. The van der Waals surface area contributed by atoms with Crippen LogP contribution in [0.5, 0.6) is 0 Å². The first kappa shape index (κ1) is 12.2. The molecule has 15 heavy (non-hydrogen) atoms. The topological polar surface area (TPSA) is 47.3 Å². The molecular formula is C11H20N2O2. The number of ether oxygens (including phenoxy) is 1. The van der Waals surface area contributed by atoms with Crippen molar-refractivity contribution in [1.82, 2.24) is 10.3 Å². The molecular weight excluding hydrogens is 192 g/mol. The Balaban J connectivity index is 2.43. The Morgan fingerprint density at radius 3 is 3.00 bits per heavy atom. The minimum absolute atomic E-state index is 0.167. The van der Waals surface area contributed by atoms with Crippen molar-refractivity contribution in [2.75, 3.05) is 13.2 Å². The normalized spacial score (nSPS) is 13.0. The van der Waals surface area contributed by atoms with Gasteiger partial charge in [0.25, 0.3) is 0 Å². The van der Waals surface area contributed by atoms with Gasteiger partial charge in [0.15, 0.2) is 0 Å². The van der Waals surface area contributed by atoms with Gasteiger partial charge in [0.1, 0.15) is 12.4 Å². The van der Waals surface area contributed by atoms with Crippen LogP contribution in [0.15, 0.2) is 10.6 Å². The third-order valence-electron chi connectivity index (χ3n) is 2.09. The highest BCUT2D eigenvalue weighted by Gasteiger charge is 2.10. The molecule has 1 unspecified atom stereocenters. The Hall–Kier alpha value is -0.870. The number of hydrogen-bond acceptors (Lipinski definition) is 4. The average Bonchev–Trinajstić information content (AvgIpc) is 2.71. The molecule has 1 atom stereocenters. The number of nitrogens with zero attached hydrogens (tertiary/aromatic N) is 1.